The minimum atomic E-state index is -0.509. The highest BCUT2D eigenvalue weighted by atomic mass is 16.1. The maximum absolute atomic E-state index is 11.3. The molecule has 0 aliphatic carbocycles. The van der Waals surface area contributed by atoms with Gasteiger partial charge in [0, 0.05) is 32.1 Å². The zero-order chi connectivity index (χ0) is 13.7. The molecule has 0 bridgehead atoms. The van der Waals surface area contributed by atoms with Gasteiger partial charge in [-0.25, -0.2) is 4.79 Å². The second-order valence-electron chi connectivity index (χ2n) is 4.10. The number of nitrogens with one attached hydrogen (secondary N) is 1. The first-order chi connectivity index (χ1) is 9.19. The highest BCUT2D eigenvalue weighted by Crippen LogP contribution is 2.08. The fourth-order valence-corrected chi connectivity index (χ4v) is 1.66. The van der Waals surface area contributed by atoms with Gasteiger partial charge in [-0.1, -0.05) is 0 Å². The summed E-state index contributed by atoms with van der Waals surface area (Å²) in [5.74, 6) is 0.495. The molecule has 2 aromatic rings. The summed E-state index contributed by atoms with van der Waals surface area (Å²) in [4.78, 5) is 23.3. The smallest absolute Gasteiger partial charge is 0.347 e. The van der Waals surface area contributed by atoms with Crippen molar-refractivity contribution in [2.75, 3.05) is 18.5 Å². The standard InChI is InChI=1S/C13H13N5O/c1-18(7-4-10-2-5-15-6-3-10)12-8-11(9-14)16-13(19)17-12/h2-3,5-6,8H,4,7H2,1H3,(H,16,17,19). The Morgan fingerprint density at radius 2 is 2.16 bits per heavy atom. The van der Waals surface area contributed by atoms with Crippen LogP contribution >= 0.6 is 0 Å². The Morgan fingerprint density at radius 3 is 2.84 bits per heavy atom. The first-order valence-electron chi connectivity index (χ1n) is 5.80. The molecule has 6 nitrogen and oxygen atoms in total. The third-order valence-corrected chi connectivity index (χ3v) is 2.73. The van der Waals surface area contributed by atoms with Crippen molar-refractivity contribution in [1.82, 2.24) is 15.0 Å². The lowest BCUT2D eigenvalue weighted by atomic mass is 10.2. The van der Waals surface area contributed by atoms with Crippen LogP contribution in [-0.4, -0.2) is 28.5 Å². The Balaban J connectivity index is 2.08. The molecule has 0 aliphatic rings. The van der Waals surface area contributed by atoms with E-state index in [9.17, 15) is 4.79 Å². The molecule has 0 unspecified atom stereocenters. The molecule has 2 aromatic heterocycles. The van der Waals surface area contributed by atoms with E-state index in [1.54, 1.807) is 18.5 Å². The molecule has 0 aliphatic heterocycles. The summed E-state index contributed by atoms with van der Waals surface area (Å²) < 4.78 is 0. The monoisotopic (exact) mass is 255 g/mol. The number of hydrogen-bond acceptors (Lipinski definition) is 5. The summed E-state index contributed by atoms with van der Waals surface area (Å²) in [6, 6.07) is 7.36. The Bertz CT molecular complexity index is 644. The molecule has 1 N–H and O–H groups in total. The van der Waals surface area contributed by atoms with E-state index in [0.717, 1.165) is 12.0 Å². The number of pyridine rings is 1. The van der Waals surface area contributed by atoms with Gasteiger partial charge in [0.25, 0.3) is 0 Å². The van der Waals surface area contributed by atoms with Gasteiger partial charge in [0.05, 0.1) is 0 Å². The predicted octanol–water partition coefficient (Wildman–Crippen LogP) is 0.715. The van der Waals surface area contributed by atoms with Crippen LogP contribution in [0.25, 0.3) is 0 Å². The normalized spacial score (nSPS) is 9.89. The van der Waals surface area contributed by atoms with Crippen molar-refractivity contribution in [3.05, 3.63) is 52.3 Å². The van der Waals surface area contributed by atoms with Gasteiger partial charge in [0.2, 0.25) is 0 Å². The largest absolute Gasteiger partial charge is 0.359 e. The van der Waals surface area contributed by atoms with Crippen LogP contribution in [0.3, 0.4) is 0 Å². The van der Waals surface area contributed by atoms with Gasteiger partial charge < -0.3 is 4.90 Å². The van der Waals surface area contributed by atoms with E-state index in [0.29, 0.717) is 12.4 Å². The van der Waals surface area contributed by atoms with Crippen LogP contribution in [0, 0.1) is 11.3 Å². The number of nitrogens with zero attached hydrogens (tertiary/aromatic N) is 4. The maximum Gasteiger partial charge on any atom is 0.347 e. The fraction of sp³-hybridized carbons (Fsp3) is 0.231. The summed E-state index contributed by atoms with van der Waals surface area (Å²) in [7, 11) is 1.84. The summed E-state index contributed by atoms with van der Waals surface area (Å²) in [6.45, 7) is 0.700. The van der Waals surface area contributed by atoms with Crippen LogP contribution in [0.5, 0.6) is 0 Å². The summed E-state index contributed by atoms with van der Waals surface area (Å²) >= 11 is 0. The molecular weight excluding hydrogens is 242 g/mol. The van der Waals surface area contributed by atoms with Crippen LogP contribution in [0.2, 0.25) is 0 Å². The van der Waals surface area contributed by atoms with Crippen molar-refractivity contribution in [3.8, 4) is 6.07 Å². The predicted molar refractivity (Wildman–Crippen MR) is 70.8 cm³/mol. The van der Waals surface area contributed by atoms with Crippen molar-refractivity contribution < 1.29 is 0 Å². The van der Waals surface area contributed by atoms with E-state index in [1.165, 1.54) is 0 Å². The number of aromatic nitrogens is 3. The first kappa shape index (κ1) is 12.8. The molecule has 2 heterocycles. The lowest BCUT2D eigenvalue weighted by Crippen LogP contribution is -2.25. The van der Waals surface area contributed by atoms with Gasteiger partial charge in [-0.05, 0) is 24.1 Å². The van der Waals surface area contributed by atoms with Gasteiger partial charge in [-0.3, -0.25) is 9.97 Å². The van der Waals surface area contributed by atoms with Gasteiger partial charge in [0.15, 0.2) is 0 Å². The molecule has 6 heteroatoms. The molecule has 0 radical (unpaired) electrons. The number of rotatable bonds is 4. The van der Waals surface area contributed by atoms with E-state index >= 15 is 0 Å². The minimum Gasteiger partial charge on any atom is -0.359 e. The molecule has 0 atom stereocenters. The molecule has 0 saturated heterocycles. The SMILES string of the molecule is CN(CCc1ccncc1)c1cc(C#N)[nH]c(=O)n1. The van der Waals surface area contributed by atoms with E-state index in [2.05, 4.69) is 15.0 Å². The van der Waals surface area contributed by atoms with Crippen molar-refractivity contribution in [3.63, 3.8) is 0 Å². The van der Waals surface area contributed by atoms with E-state index in [1.807, 2.05) is 30.1 Å². The van der Waals surface area contributed by atoms with E-state index in [-0.39, 0.29) is 5.69 Å². The fourth-order valence-electron chi connectivity index (χ4n) is 1.66. The quantitative estimate of drug-likeness (QED) is 0.869. The molecule has 2 rings (SSSR count). The minimum absolute atomic E-state index is 0.214. The number of likely N-dealkylation sites (N-methyl/N-ethyl adjacent to an activating group) is 1. The number of nitriles is 1. The molecule has 0 saturated carbocycles. The second kappa shape index (κ2) is 5.78. The van der Waals surface area contributed by atoms with Gasteiger partial charge in [-0.15, -0.1) is 0 Å². The van der Waals surface area contributed by atoms with Crippen LogP contribution in [0.1, 0.15) is 11.3 Å². The van der Waals surface area contributed by atoms with Gasteiger partial charge in [-0.2, -0.15) is 10.2 Å². The van der Waals surface area contributed by atoms with Crippen LogP contribution in [-0.2, 0) is 6.42 Å². The molecular formula is C13H13N5O. The summed E-state index contributed by atoms with van der Waals surface area (Å²) in [6.07, 6.45) is 4.30. The van der Waals surface area contributed by atoms with Gasteiger partial charge >= 0.3 is 5.69 Å². The number of aromatic amines is 1. The van der Waals surface area contributed by atoms with Crippen molar-refractivity contribution in [1.29, 1.82) is 5.26 Å². The Labute approximate surface area is 110 Å². The average Bonchev–Trinajstić information content (AvgIpc) is 2.45. The van der Waals surface area contributed by atoms with Crippen LogP contribution in [0.4, 0.5) is 5.82 Å². The highest BCUT2D eigenvalue weighted by Gasteiger charge is 2.06. The Kier molecular flexibility index (Phi) is 3.88. The zero-order valence-electron chi connectivity index (χ0n) is 10.5. The lowest BCUT2D eigenvalue weighted by Gasteiger charge is -2.17. The number of hydrogen-bond donors (Lipinski definition) is 1. The van der Waals surface area contributed by atoms with Crippen LogP contribution < -0.4 is 10.6 Å². The second-order valence-corrected chi connectivity index (χ2v) is 4.10. The Morgan fingerprint density at radius 1 is 1.42 bits per heavy atom. The highest BCUT2D eigenvalue weighted by molar-refractivity contribution is 5.41. The zero-order valence-corrected chi connectivity index (χ0v) is 10.5. The molecule has 0 spiro atoms. The van der Waals surface area contributed by atoms with E-state index in [4.69, 9.17) is 5.26 Å². The van der Waals surface area contributed by atoms with Crippen molar-refractivity contribution in [2.45, 2.75) is 6.42 Å². The summed E-state index contributed by atoms with van der Waals surface area (Å²) in [5.41, 5.74) is 0.864. The lowest BCUT2D eigenvalue weighted by molar-refractivity contribution is 0.846. The van der Waals surface area contributed by atoms with Crippen molar-refractivity contribution in [2.24, 2.45) is 0 Å². The third-order valence-electron chi connectivity index (χ3n) is 2.73. The molecule has 0 fully saturated rings. The summed E-state index contributed by atoms with van der Waals surface area (Å²) in [5, 5.41) is 8.80. The molecule has 0 amide bonds. The molecule has 0 aromatic carbocycles. The maximum atomic E-state index is 11.3. The Hall–Kier alpha value is -2.68. The average molecular weight is 255 g/mol. The molecule has 19 heavy (non-hydrogen) atoms. The number of anilines is 1. The number of H-pyrrole nitrogens is 1. The third kappa shape index (κ3) is 3.39. The van der Waals surface area contributed by atoms with Crippen LogP contribution in [0.15, 0.2) is 35.4 Å². The molecule has 96 valence electrons. The first-order valence-corrected chi connectivity index (χ1v) is 5.80. The van der Waals surface area contributed by atoms with Gasteiger partial charge in [0.1, 0.15) is 17.6 Å². The van der Waals surface area contributed by atoms with E-state index < -0.39 is 5.69 Å². The topological polar surface area (TPSA) is 85.7 Å². The van der Waals surface area contributed by atoms with Crippen molar-refractivity contribution >= 4 is 5.82 Å².